The van der Waals surface area contributed by atoms with Crippen LogP contribution in [0.3, 0.4) is 0 Å². The number of ether oxygens (including phenoxy) is 2. The van der Waals surface area contributed by atoms with Gasteiger partial charge >= 0.3 is 5.97 Å². The number of aryl methyl sites for hydroxylation is 1. The number of methoxy groups -OCH3 is 1. The first-order valence-corrected chi connectivity index (χ1v) is 11.1. The first-order chi connectivity index (χ1) is 14.8. The third-order valence-electron chi connectivity index (χ3n) is 5.74. The maximum Gasteiger partial charge on any atom is 0.342 e. The number of aromatic hydroxyl groups is 1. The summed E-state index contributed by atoms with van der Waals surface area (Å²) in [7, 11) is -2.73. The zero-order valence-corrected chi connectivity index (χ0v) is 17.6. The Labute approximate surface area is 179 Å². The summed E-state index contributed by atoms with van der Waals surface area (Å²) < 4.78 is 39.5. The summed E-state index contributed by atoms with van der Waals surface area (Å²) in [6.07, 6.45) is -0.927. The summed E-state index contributed by atoms with van der Waals surface area (Å²) >= 11 is 0. The van der Waals surface area contributed by atoms with Crippen molar-refractivity contribution in [3.63, 3.8) is 0 Å². The van der Waals surface area contributed by atoms with Crippen molar-refractivity contribution in [3.8, 4) is 11.5 Å². The zero-order valence-electron chi connectivity index (χ0n) is 16.8. The summed E-state index contributed by atoms with van der Waals surface area (Å²) in [5, 5.41) is 10.4. The first-order valence-electron chi connectivity index (χ1n) is 9.65. The second-order valence-electron chi connectivity index (χ2n) is 7.52. The number of esters is 1. The van der Waals surface area contributed by atoms with Gasteiger partial charge in [-0.2, -0.15) is 0 Å². The van der Waals surface area contributed by atoms with E-state index in [9.17, 15) is 18.3 Å². The van der Waals surface area contributed by atoms with Gasteiger partial charge in [-0.3, -0.25) is 0 Å². The molecule has 0 amide bonds. The molecule has 0 aliphatic carbocycles. The van der Waals surface area contributed by atoms with Crippen LogP contribution in [0, 0.1) is 6.92 Å². The molecule has 2 aliphatic heterocycles. The summed E-state index contributed by atoms with van der Waals surface area (Å²) in [6.45, 7) is 1.88. The van der Waals surface area contributed by atoms with Gasteiger partial charge in [0.25, 0.3) is 10.0 Å². The predicted molar refractivity (Wildman–Crippen MR) is 113 cm³/mol. The predicted octanol–water partition coefficient (Wildman–Crippen LogP) is 3.55. The van der Waals surface area contributed by atoms with Crippen molar-refractivity contribution in [2.45, 2.75) is 24.0 Å². The minimum absolute atomic E-state index is 0.0168. The summed E-state index contributed by atoms with van der Waals surface area (Å²) in [4.78, 5) is 12.6. The van der Waals surface area contributed by atoms with Crippen molar-refractivity contribution in [3.05, 3.63) is 82.9 Å². The van der Waals surface area contributed by atoms with Gasteiger partial charge in [-0.15, -0.1) is 0 Å². The highest BCUT2D eigenvalue weighted by Crippen LogP contribution is 2.55. The molecule has 0 spiro atoms. The van der Waals surface area contributed by atoms with E-state index in [2.05, 4.69) is 0 Å². The van der Waals surface area contributed by atoms with Crippen LogP contribution < -0.4 is 9.04 Å². The lowest BCUT2D eigenvalue weighted by Gasteiger charge is -2.26. The van der Waals surface area contributed by atoms with Crippen LogP contribution in [0.1, 0.15) is 33.0 Å². The molecule has 1 N–H and O–H groups in total. The Balaban J connectivity index is 1.72. The minimum Gasteiger partial charge on any atom is -0.507 e. The molecule has 0 saturated carbocycles. The van der Waals surface area contributed by atoms with Crippen LogP contribution >= 0.6 is 0 Å². The molecule has 7 nitrogen and oxygen atoms in total. The van der Waals surface area contributed by atoms with Crippen molar-refractivity contribution in [1.82, 2.24) is 0 Å². The molecule has 2 atom stereocenters. The largest absolute Gasteiger partial charge is 0.507 e. The lowest BCUT2D eigenvalue weighted by atomic mass is 9.89. The number of sulfonamides is 1. The molecular formula is C23H19NO6S. The molecule has 0 bridgehead atoms. The van der Waals surface area contributed by atoms with Crippen molar-refractivity contribution < 1.29 is 27.8 Å². The lowest BCUT2D eigenvalue weighted by Crippen LogP contribution is -2.41. The van der Waals surface area contributed by atoms with E-state index in [0.29, 0.717) is 22.6 Å². The van der Waals surface area contributed by atoms with Crippen LogP contribution in [-0.2, 0) is 14.8 Å². The van der Waals surface area contributed by atoms with Gasteiger partial charge in [0, 0.05) is 5.56 Å². The molecule has 0 aromatic heterocycles. The third-order valence-corrected chi connectivity index (χ3v) is 7.53. The van der Waals surface area contributed by atoms with Gasteiger partial charge in [-0.1, -0.05) is 35.9 Å². The summed E-state index contributed by atoms with van der Waals surface area (Å²) in [6, 6.07) is 16.6. The number of hydrogen-bond donors (Lipinski definition) is 1. The number of hydrogen-bond acceptors (Lipinski definition) is 6. The van der Waals surface area contributed by atoms with Crippen molar-refractivity contribution in [2.24, 2.45) is 0 Å². The van der Waals surface area contributed by atoms with Gasteiger partial charge in [-0.05, 0) is 42.8 Å². The number of anilines is 1. The Morgan fingerprint density at radius 1 is 1.06 bits per heavy atom. The number of phenolic OH excluding ortho intramolecular Hbond substituents is 1. The number of para-hydroxylation sites is 1. The van der Waals surface area contributed by atoms with Crippen LogP contribution in [0.5, 0.6) is 11.5 Å². The van der Waals surface area contributed by atoms with Gasteiger partial charge in [0.15, 0.2) is 6.23 Å². The SMILES string of the molecule is COC(=O)c1c(O)ccc2c1[C@H]1c3ccccc3N(S(=O)(=O)c3ccc(C)cc3)[C@H]1O2. The van der Waals surface area contributed by atoms with E-state index in [-0.39, 0.29) is 16.2 Å². The highest BCUT2D eigenvalue weighted by molar-refractivity contribution is 7.92. The summed E-state index contributed by atoms with van der Waals surface area (Å²) in [5.74, 6) is -1.21. The molecule has 158 valence electrons. The highest BCUT2D eigenvalue weighted by Gasteiger charge is 2.53. The molecule has 8 heteroatoms. The molecule has 0 unspecified atom stereocenters. The maximum absolute atomic E-state index is 13.6. The van der Waals surface area contributed by atoms with Gasteiger partial charge in [0.2, 0.25) is 0 Å². The van der Waals surface area contributed by atoms with Crippen LogP contribution in [-0.4, -0.2) is 32.8 Å². The van der Waals surface area contributed by atoms with Gasteiger partial charge < -0.3 is 14.6 Å². The quantitative estimate of drug-likeness (QED) is 0.630. The van der Waals surface area contributed by atoms with Crippen molar-refractivity contribution in [2.75, 3.05) is 11.4 Å². The number of benzene rings is 3. The van der Waals surface area contributed by atoms with E-state index in [1.54, 1.807) is 48.5 Å². The third kappa shape index (κ3) is 2.71. The second kappa shape index (κ2) is 6.75. The van der Waals surface area contributed by atoms with E-state index in [1.165, 1.54) is 23.5 Å². The van der Waals surface area contributed by atoms with Crippen LogP contribution in [0.4, 0.5) is 5.69 Å². The molecular weight excluding hydrogens is 418 g/mol. The minimum atomic E-state index is -3.96. The van der Waals surface area contributed by atoms with Crippen LogP contribution in [0.2, 0.25) is 0 Å². The fourth-order valence-corrected chi connectivity index (χ4v) is 5.90. The van der Waals surface area contributed by atoms with Crippen LogP contribution in [0.25, 0.3) is 0 Å². The van der Waals surface area contributed by atoms with E-state index in [4.69, 9.17) is 9.47 Å². The number of phenols is 1. The molecule has 0 fully saturated rings. The fourth-order valence-electron chi connectivity index (χ4n) is 4.33. The number of nitrogens with zero attached hydrogens (tertiary/aromatic N) is 1. The fraction of sp³-hybridized carbons (Fsp3) is 0.174. The van der Waals surface area contributed by atoms with Gasteiger partial charge in [0.1, 0.15) is 17.1 Å². The number of rotatable bonds is 3. The molecule has 2 aliphatic rings. The number of carbonyl (C=O) groups is 1. The monoisotopic (exact) mass is 437 g/mol. The van der Waals surface area contributed by atoms with Gasteiger partial charge in [-0.25, -0.2) is 17.5 Å². The van der Waals surface area contributed by atoms with E-state index < -0.39 is 28.1 Å². The molecule has 3 aromatic carbocycles. The van der Waals surface area contributed by atoms with Crippen LogP contribution in [0.15, 0.2) is 65.6 Å². The molecule has 3 aromatic rings. The number of fused-ring (bicyclic) bond motifs is 5. The molecule has 5 rings (SSSR count). The summed E-state index contributed by atoms with van der Waals surface area (Å²) in [5.41, 5.74) is 2.52. The average Bonchev–Trinajstić information content (AvgIpc) is 3.28. The van der Waals surface area contributed by atoms with E-state index in [1.807, 2.05) is 6.92 Å². The van der Waals surface area contributed by atoms with Crippen molar-refractivity contribution >= 4 is 21.7 Å². The van der Waals surface area contributed by atoms with Crippen molar-refractivity contribution in [1.29, 1.82) is 0 Å². The zero-order chi connectivity index (χ0) is 21.9. The van der Waals surface area contributed by atoms with E-state index >= 15 is 0 Å². The Bertz CT molecular complexity index is 1320. The highest BCUT2D eigenvalue weighted by atomic mass is 32.2. The molecule has 0 radical (unpaired) electrons. The normalized spacial score (nSPS) is 18.7. The average molecular weight is 437 g/mol. The molecule has 0 saturated heterocycles. The maximum atomic E-state index is 13.6. The topological polar surface area (TPSA) is 93.1 Å². The molecule has 31 heavy (non-hydrogen) atoms. The Kier molecular flexibility index (Phi) is 4.23. The number of carbonyl (C=O) groups excluding carboxylic acids is 1. The molecule has 2 heterocycles. The smallest absolute Gasteiger partial charge is 0.342 e. The lowest BCUT2D eigenvalue weighted by molar-refractivity contribution is 0.0596. The first kappa shape index (κ1) is 19.4. The Hall–Kier alpha value is -3.52. The van der Waals surface area contributed by atoms with E-state index in [0.717, 1.165) is 5.56 Å². The Morgan fingerprint density at radius 3 is 2.48 bits per heavy atom. The second-order valence-corrected chi connectivity index (χ2v) is 9.34. The standard InChI is InChI=1S/C23H19NO6S/c1-13-7-9-14(10-8-13)31(27,28)24-16-6-4-3-5-15(16)19-21-18(30-22(19)24)12-11-17(25)20(21)23(26)29-2/h3-12,19,22,25H,1-2H3/t19-,22+/m1/s1. The van der Waals surface area contributed by atoms with Gasteiger partial charge in [0.05, 0.1) is 23.6 Å². The Morgan fingerprint density at radius 2 is 1.77 bits per heavy atom.